The first-order valence-corrected chi connectivity index (χ1v) is 19.8. The molecule has 0 spiro atoms. The van der Waals surface area contributed by atoms with Gasteiger partial charge in [-0.15, -0.1) is 0 Å². The van der Waals surface area contributed by atoms with Crippen LogP contribution in [0.5, 0.6) is 0 Å². The van der Waals surface area contributed by atoms with E-state index in [1.807, 2.05) is 45.2 Å². The Labute approximate surface area is 317 Å². The Morgan fingerprint density at radius 1 is 0.660 bits per heavy atom. The van der Waals surface area contributed by atoms with Gasteiger partial charge in [-0.1, -0.05) is 122 Å². The van der Waals surface area contributed by atoms with Gasteiger partial charge in [0.15, 0.2) is 0 Å². The molecule has 0 saturated heterocycles. The minimum atomic E-state index is -3.61. The van der Waals surface area contributed by atoms with Crippen LogP contribution in [0.4, 0.5) is 0 Å². The zero-order valence-electron chi connectivity index (χ0n) is 33.6. The lowest BCUT2D eigenvalue weighted by atomic mass is 9.98. The minimum absolute atomic E-state index is 0.131. The number of imidazole rings is 1. The van der Waals surface area contributed by atoms with Crippen molar-refractivity contribution in [2.75, 3.05) is 14.1 Å². The normalized spacial score (nSPS) is 13.8. The Hall–Kier alpha value is -4.76. The number of benzene rings is 4. The third-order valence-electron chi connectivity index (χ3n) is 8.66. The monoisotopic (exact) mass is 738 g/mol. The van der Waals surface area contributed by atoms with E-state index in [4.69, 9.17) is 0 Å². The Morgan fingerprint density at radius 3 is 1.74 bits per heavy atom. The summed E-state index contributed by atoms with van der Waals surface area (Å²) >= 11 is 0. The van der Waals surface area contributed by atoms with Crippen LogP contribution in [0.3, 0.4) is 0 Å². The van der Waals surface area contributed by atoms with E-state index in [1.165, 1.54) is 23.7 Å². The van der Waals surface area contributed by atoms with Gasteiger partial charge in [0.05, 0.1) is 22.9 Å². The highest BCUT2D eigenvalue weighted by Gasteiger charge is 2.38. The summed E-state index contributed by atoms with van der Waals surface area (Å²) in [5.74, 6) is 1.84. The van der Waals surface area contributed by atoms with E-state index < -0.39 is 15.9 Å². The number of fused-ring (bicyclic) bond motifs is 3. The van der Waals surface area contributed by atoms with Gasteiger partial charge in [-0.2, -0.15) is 0 Å². The third-order valence-corrected chi connectivity index (χ3v) is 10.4. The number of aryl methyl sites for hydroxylation is 1. The quantitative estimate of drug-likeness (QED) is 0.198. The molecule has 0 fully saturated rings. The van der Waals surface area contributed by atoms with Crippen molar-refractivity contribution < 1.29 is 18.0 Å². The number of hydrogen-bond donors (Lipinski definition) is 1. The summed E-state index contributed by atoms with van der Waals surface area (Å²) in [6.07, 6.45) is 1.73. The highest BCUT2D eigenvalue weighted by atomic mass is 32.2. The van der Waals surface area contributed by atoms with Crippen molar-refractivity contribution in [2.24, 2.45) is 5.92 Å². The first-order chi connectivity index (χ1) is 24.8. The predicted octanol–water partition coefficient (Wildman–Crippen LogP) is 10.3. The number of nitrogens with zero attached hydrogens (tertiary/aromatic N) is 3. The molecule has 5 aromatic rings. The highest BCUT2D eigenvalue weighted by molar-refractivity contribution is 7.90. The maximum Gasteiger partial charge on any atom is 0.268 e. The fraction of sp³-hybridized carbons (Fsp3) is 0.386. The molecule has 284 valence electrons. The number of amides is 2. The molecule has 0 radical (unpaired) electrons. The van der Waals surface area contributed by atoms with Crippen molar-refractivity contribution in [1.82, 2.24) is 19.2 Å². The van der Waals surface area contributed by atoms with Crippen LogP contribution in [0.1, 0.15) is 129 Å². The van der Waals surface area contributed by atoms with Crippen LogP contribution >= 0.6 is 0 Å². The molecule has 1 aromatic heterocycles. The van der Waals surface area contributed by atoms with Crippen molar-refractivity contribution in [3.05, 3.63) is 130 Å². The Balaban J connectivity index is 0.000000189. The predicted molar refractivity (Wildman–Crippen MR) is 218 cm³/mol. The molecular weight excluding hydrogens is 681 g/mol. The van der Waals surface area contributed by atoms with Gasteiger partial charge in [-0.25, -0.2) is 17.7 Å². The van der Waals surface area contributed by atoms with Crippen LogP contribution in [0, 0.1) is 12.8 Å². The van der Waals surface area contributed by atoms with Gasteiger partial charge in [0.1, 0.15) is 4.90 Å². The first-order valence-electron chi connectivity index (χ1n) is 18.3. The van der Waals surface area contributed by atoms with Crippen molar-refractivity contribution in [1.29, 1.82) is 0 Å². The summed E-state index contributed by atoms with van der Waals surface area (Å²) in [7, 11) is -0.477. The molecule has 0 saturated carbocycles. The molecule has 9 heteroatoms. The Bertz CT molecular complexity index is 2080. The fourth-order valence-electron chi connectivity index (χ4n) is 5.38. The minimum Gasteiger partial charge on any atom is -0.345 e. The van der Waals surface area contributed by atoms with E-state index >= 15 is 0 Å². The molecule has 7 rings (SSSR count). The molecule has 8 nitrogen and oxygen atoms in total. The number of rotatable bonds is 3. The zero-order chi connectivity index (χ0) is 39.6. The third kappa shape index (κ3) is 11.4. The standard InChI is InChI=1S/C12H15NO.C11H13NO3S.C10H12N2.C7H8.C4H10/c1-8(2)9-4-5-10-7-13(3)12(14)11(10)6-9;1-7(2)8-4-5-9-10(6-8)16(14,15)12(3)11(9)13;1-7(2)8-3-4-9-10(5-8)12-6-11-9;1-7-5-3-2-4-6-7;1-4(2)3/h4-6,8H,7H2,1-3H3;4-7H,1-3H3;3-7H,1-2H3,(H,11,12);2-6H,1H3;4H,1-3H3. The smallest absolute Gasteiger partial charge is 0.268 e. The van der Waals surface area contributed by atoms with Gasteiger partial charge >= 0.3 is 0 Å². The molecule has 2 aliphatic rings. The summed E-state index contributed by atoms with van der Waals surface area (Å²) in [6, 6.07) is 27.8. The van der Waals surface area contributed by atoms with Crippen LogP contribution < -0.4 is 0 Å². The molecule has 53 heavy (non-hydrogen) atoms. The maximum absolute atomic E-state index is 11.9. The van der Waals surface area contributed by atoms with E-state index in [1.54, 1.807) is 29.4 Å². The summed E-state index contributed by atoms with van der Waals surface area (Å²) in [4.78, 5) is 32.5. The molecule has 4 aromatic carbocycles. The number of carbonyl (C=O) groups excluding carboxylic acids is 2. The second kappa shape index (κ2) is 18.8. The Kier molecular flexibility index (Phi) is 15.2. The van der Waals surface area contributed by atoms with Gasteiger partial charge in [0.25, 0.3) is 21.8 Å². The molecule has 0 aliphatic carbocycles. The topological polar surface area (TPSA) is 103 Å². The average Bonchev–Trinajstić information content (AvgIpc) is 3.75. The van der Waals surface area contributed by atoms with Gasteiger partial charge in [0.2, 0.25) is 0 Å². The van der Waals surface area contributed by atoms with E-state index in [0.717, 1.165) is 44.5 Å². The average molecular weight is 739 g/mol. The van der Waals surface area contributed by atoms with Crippen LogP contribution in [-0.2, 0) is 16.6 Å². The van der Waals surface area contributed by atoms with Crippen LogP contribution in [0.2, 0.25) is 0 Å². The number of sulfonamides is 1. The number of hydrogen-bond acceptors (Lipinski definition) is 5. The molecule has 0 bridgehead atoms. The largest absolute Gasteiger partial charge is 0.345 e. The van der Waals surface area contributed by atoms with Crippen molar-refractivity contribution in [3.63, 3.8) is 0 Å². The summed E-state index contributed by atoms with van der Waals surface area (Å²) < 4.78 is 24.5. The van der Waals surface area contributed by atoms with Crippen molar-refractivity contribution in [2.45, 2.75) is 98.4 Å². The highest BCUT2D eigenvalue weighted by Crippen LogP contribution is 2.31. The summed E-state index contributed by atoms with van der Waals surface area (Å²) in [6.45, 7) is 22.0. The molecule has 0 atom stereocenters. The van der Waals surface area contributed by atoms with Gasteiger partial charge in [0, 0.05) is 26.2 Å². The van der Waals surface area contributed by atoms with Crippen LogP contribution in [0.15, 0.2) is 96.2 Å². The number of H-pyrrole nitrogens is 1. The van der Waals surface area contributed by atoms with E-state index in [-0.39, 0.29) is 22.3 Å². The number of aromatic nitrogens is 2. The molecule has 3 heterocycles. The van der Waals surface area contributed by atoms with E-state index in [2.05, 4.69) is 108 Å². The summed E-state index contributed by atoms with van der Waals surface area (Å²) in [5.41, 5.74) is 9.32. The van der Waals surface area contributed by atoms with Gasteiger partial charge in [-0.05, 0) is 83.2 Å². The lowest BCUT2D eigenvalue weighted by molar-refractivity contribution is 0.0815. The van der Waals surface area contributed by atoms with Crippen molar-refractivity contribution >= 4 is 32.9 Å². The number of nitrogens with one attached hydrogen (secondary N) is 1. The Morgan fingerprint density at radius 2 is 1.19 bits per heavy atom. The van der Waals surface area contributed by atoms with Crippen LogP contribution in [0.25, 0.3) is 11.0 Å². The maximum atomic E-state index is 11.9. The zero-order valence-corrected chi connectivity index (χ0v) is 34.4. The molecule has 2 aliphatic heterocycles. The van der Waals surface area contributed by atoms with Gasteiger partial charge in [-0.3, -0.25) is 9.59 Å². The van der Waals surface area contributed by atoms with Crippen molar-refractivity contribution in [3.8, 4) is 0 Å². The summed E-state index contributed by atoms with van der Waals surface area (Å²) in [5, 5.41) is 0. The van der Waals surface area contributed by atoms with E-state index in [9.17, 15) is 18.0 Å². The van der Waals surface area contributed by atoms with Crippen LogP contribution in [-0.4, -0.2) is 53.5 Å². The lowest BCUT2D eigenvalue weighted by Gasteiger charge is -2.07. The fourth-order valence-corrected chi connectivity index (χ4v) is 6.71. The second-order valence-electron chi connectivity index (χ2n) is 15.1. The number of aromatic amines is 1. The molecule has 0 unspecified atom stereocenters. The molecule has 2 amide bonds. The first kappa shape index (κ1) is 42.7. The molecular formula is C44H58N4O4S. The van der Waals surface area contributed by atoms with E-state index in [0.29, 0.717) is 11.8 Å². The SMILES string of the molecule is CC(C)C.CC(C)c1ccc2c(c1)C(=O)N(C)C2.CC(C)c1ccc2c(c1)S(=O)(=O)N(C)C2=O.CC(C)c1ccc2nc[nH]c2c1.Cc1ccccc1. The second-order valence-corrected chi connectivity index (χ2v) is 17.1. The van der Waals surface area contributed by atoms with Gasteiger partial charge < -0.3 is 9.88 Å². The molecule has 1 N–H and O–H groups in total. The lowest BCUT2D eigenvalue weighted by Crippen LogP contribution is -2.24. The number of carbonyl (C=O) groups is 2.